The van der Waals surface area contributed by atoms with Gasteiger partial charge < -0.3 is 11.1 Å². The van der Waals surface area contributed by atoms with E-state index in [9.17, 15) is 13.2 Å². The first-order valence-electron chi connectivity index (χ1n) is 4.88. The molecule has 0 aliphatic heterocycles. The summed E-state index contributed by atoms with van der Waals surface area (Å²) in [6, 6.07) is 0. The number of hydrogen-bond donors (Lipinski definition) is 3. The second kappa shape index (κ2) is 4.46. The lowest BCUT2D eigenvalue weighted by atomic mass is 9.77. The van der Waals surface area contributed by atoms with Gasteiger partial charge in [-0.15, -0.1) is 0 Å². The van der Waals surface area contributed by atoms with Crippen LogP contribution in [-0.4, -0.2) is 39.2 Å². The number of carbonyl (C=O) groups is 1. The molecule has 88 valence electrons. The molecule has 1 aliphatic carbocycles. The van der Waals surface area contributed by atoms with Gasteiger partial charge in [0.1, 0.15) is 0 Å². The normalized spacial score (nSPS) is 19.3. The van der Waals surface area contributed by atoms with Crippen LogP contribution >= 0.6 is 0 Å². The SMILES string of the molecule is CNS(=O)(=O)CCNC(=O)C1(N)CCC1. The van der Waals surface area contributed by atoms with Crippen molar-refractivity contribution in [1.82, 2.24) is 10.0 Å². The summed E-state index contributed by atoms with van der Waals surface area (Å²) in [5.74, 6) is -0.370. The molecule has 1 rings (SSSR count). The predicted octanol–water partition coefficient (Wildman–Crippen LogP) is -1.47. The number of rotatable bonds is 5. The third kappa shape index (κ3) is 3.15. The van der Waals surface area contributed by atoms with E-state index in [-0.39, 0.29) is 18.2 Å². The van der Waals surface area contributed by atoms with Gasteiger partial charge in [-0.05, 0) is 26.3 Å². The molecule has 0 aromatic rings. The van der Waals surface area contributed by atoms with Gasteiger partial charge in [-0.3, -0.25) is 4.79 Å². The zero-order valence-corrected chi connectivity index (χ0v) is 9.56. The van der Waals surface area contributed by atoms with E-state index < -0.39 is 15.6 Å². The summed E-state index contributed by atoms with van der Waals surface area (Å²) in [5, 5.41) is 2.53. The van der Waals surface area contributed by atoms with E-state index in [1.54, 1.807) is 0 Å². The largest absolute Gasteiger partial charge is 0.353 e. The Hall–Kier alpha value is -0.660. The Balaban J connectivity index is 2.29. The summed E-state index contributed by atoms with van der Waals surface area (Å²) in [6.45, 7) is 0.0982. The van der Waals surface area contributed by atoms with Crippen molar-refractivity contribution < 1.29 is 13.2 Å². The zero-order valence-electron chi connectivity index (χ0n) is 8.75. The summed E-state index contributed by atoms with van der Waals surface area (Å²) < 4.78 is 24.2. The molecule has 0 unspecified atom stereocenters. The van der Waals surface area contributed by atoms with Crippen LogP contribution in [0.3, 0.4) is 0 Å². The van der Waals surface area contributed by atoms with Gasteiger partial charge in [0.15, 0.2) is 0 Å². The number of amides is 1. The molecule has 0 aromatic carbocycles. The van der Waals surface area contributed by atoms with Gasteiger partial charge in [-0.2, -0.15) is 0 Å². The van der Waals surface area contributed by atoms with Crippen molar-refractivity contribution in [3.05, 3.63) is 0 Å². The van der Waals surface area contributed by atoms with Gasteiger partial charge in [0.2, 0.25) is 15.9 Å². The molecule has 7 heteroatoms. The van der Waals surface area contributed by atoms with Gasteiger partial charge in [0, 0.05) is 6.54 Å². The standard InChI is InChI=1S/C8H17N3O3S/c1-10-15(13,14)6-5-11-7(12)8(9)3-2-4-8/h10H,2-6,9H2,1H3,(H,11,12). The lowest BCUT2D eigenvalue weighted by Crippen LogP contribution is -2.59. The first-order chi connectivity index (χ1) is 6.90. The van der Waals surface area contributed by atoms with E-state index in [2.05, 4.69) is 10.0 Å². The minimum absolute atomic E-state index is 0.0982. The van der Waals surface area contributed by atoms with Gasteiger partial charge >= 0.3 is 0 Å². The predicted molar refractivity (Wildman–Crippen MR) is 56.6 cm³/mol. The molecule has 0 aromatic heterocycles. The van der Waals surface area contributed by atoms with Crippen LogP contribution in [0, 0.1) is 0 Å². The van der Waals surface area contributed by atoms with E-state index in [1.807, 2.05) is 0 Å². The van der Waals surface area contributed by atoms with Crippen molar-refractivity contribution >= 4 is 15.9 Å². The minimum Gasteiger partial charge on any atom is -0.353 e. The average Bonchev–Trinajstić information content (AvgIpc) is 2.13. The van der Waals surface area contributed by atoms with Gasteiger partial charge in [0.25, 0.3) is 0 Å². The van der Waals surface area contributed by atoms with E-state index in [0.717, 1.165) is 6.42 Å². The molecule has 0 bridgehead atoms. The van der Waals surface area contributed by atoms with Crippen LogP contribution in [0.5, 0.6) is 0 Å². The number of nitrogens with two attached hydrogens (primary N) is 1. The van der Waals surface area contributed by atoms with Crippen LogP contribution in [0.1, 0.15) is 19.3 Å². The summed E-state index contributed by atoms with van der Waals surface area (Å²) in [4.78, 5) is 11.5. The Morgan fingerprint density at radius 1 is 1.47 bits per heavy atom. The Bertz CT molecular complexity index is 335. The van der Waals surface area contributed by atoms with Crippen LogP contribution < -0.4 is 15.8 Å². The molecular formula is C8H17N3O3S. The maximum absolute atomic E-state index is 11.5. The smallest absolute Gasteiger partial charge is 0.240 e. The summed E-state index contributed by atoms with van der Waals surface area (Å²) in [5.41, 5.74) is 4.99. The maximum atomic E-state index is 11.5. The third-order valence-electron chi connectivity index (χ3n) is 2.67. The second-order valence-electron chi connectivity index (χ2n) is 3.79. The van der Waals surface area contributed by atoms with E-state index in [1.165, 1.54) is 7.05 Å². The molecule has 0 saturated heterocycles. The number of nitrogens with one attached hydrogen (secondary N) is 2. The van der Waals surface area contributed by atoms with Crippen molar-refractivity contribution in [2.75, 3.05) is 19.3 Å². The van der Waals surface area contributed by atoms with Crippen molar-refractivity contribution in [2.45, 2.75) is 24.8 Å². The first kappa shape index (κ1) is 12.4. The topological polar surface area (TPSA) is 101 Å². The summed E-state index contributed by atoms with van der Waals surface area (Å²) in [7, 11) is -1.91. The molecule has 1 amide bonds. The van der Waals surface area contributed by atoms with Gasteiger partial charge in [-0.1, -0.05) is 0 Å². The van der Waals surface area contributed by atoms with Gasteiger partial charge in [0.05, 0.1) is 11.3 Å². The van der Waals surface area contributed by atoms with Crippen LogP contribution in [-0.2, 0) is 14.8 Å². The molecule has 6 nitrogen and oxygen atoms in total. The lowest BCUT2D eigenvalue weighted by molar-refractivity contribution is -0.129. The Morgan fingerprint density at radius 3 is 2.47 bits per heavy atom. The van der Waals surface area contributed by atoms with Crippen LogP contribution in [0.15, 0.2) is 0 Å². The minimum atomic E-state index is -3.25. The van der Waals surface area contributed by atoms with Crippen LogP contribution in [0.4, 0.5) is 0 Å². The highest BCUT2D eigenvalue weighted by molar-refractivity contribution is 7.89. The highest BCUT2D eigenvalue weighted by Gasteiger charge is 2.39. The number of hydrogen-bond acceptors (Lipinski definition) is 4. The molecule has 1 fully saturated rings. The average molecular weight is 235 g/mol. The molecular weight excluding hydrogens is 218 g/mol. The van der Waals surface area contributed by atoms with Crippen LogP contribution in [0.25, 0.3) is 0 Å². The molecule has 1 saturated carbocycles. The molecule has 1 aliphatic rings. The van der Waals surface area contributed by atoms with Gasteiger partial charge in [-0.25, -0.2) is 13.1 Å². The fourth-order valence-electron chi connectivity index (χ4n) is 1.36. The molecule has 4 N–H and O–H groups in total. The second-order valence-corrected chi connectivity index (χ2v) is 5.83. The Labute approximate surface area is 89.6 Å². The maximum Gasteiger partial charge on any atom is 0.240 e. The summed E-state index contributed by atoms with van der Waals surface area (Å²) >= 11 is 0. The zero-order chi connectivity index (χ0) is 11.5. The van der Waals surface area contributed by atoms with Crippen molar-refractivity contribution in [2.24, 2.45) is 5.73 Å². The van der Waals surface area contributed by atoms with Crippen molar-refractivity contribution in [3.8, 4) is 0 Å². The first-order valence-corrected chi connectivity index (χ1v) is 6.53. The number of carbonyl (C=O) groups excluding carboxylic acids is 1. The third-order valence-corrected chi connectivity index (χ3v) is 4.03. The van der Waals surface area contributed by atoms with Crippen molar-refractivity contribution in [3.63, 3.8) is 0 Å². The highest BCUT2D eigenvalue weighted by atomic mass is 32.2. The molecule has 15 heavy (non-hydrogen) atoms. The Morgan fingerprint density at radius 2 is 2.07 bits per heavy atom. The Kier molecular flexibility index (Phi) is 3.69. The molecule has 0 heterocycles. The number of sulfonamides is 1. The highest BCUT2D eigenvalue weighted by Crippen LogP contribution is 2.28. The van der Waals surface area contributed by atoms with Crippen LogP contribution in [0.2, 0.25) is 0 Å². The fraction of sp³-hybridized carbons (Fsp3) is 0.875. The monoisotopic (exact) mass is 235 g/mol. The quantitative estimate of drug-likeness (QED) is 0.541. The molecule has 0 spiro atoms. The molecule has 0 radical (unpaired) electrons. The van der Waals surface area contributed by atoms with Crippen molar-refractivity contribution in [1.29, 1.82) is 0 Å². The molecule has 0 atom stereocenters. The lowest BCUT2D eigenvalue weighted by Gasteiger charge is -2.36. The van der Waals surface area contributed by atoms with E-state index in [4.69, 9.17) is 5.73 Å². The van der Waals surface area contributed by atoms with E-state index in [0.29, 0.717) is 12.8 Å². The fourth-order valence-corrected chi connectivity index (χ4v) is 1.94. The summed E-state index contributed by atoms with van der Waals surface area (Å²) in [6.07, 6.45) is 2.31. The van der Waals surface area contributed by atoms with E-state index >= 15 is 0 Å².